The van der Waals surface area contributed by atoms with Crippen LogP contribution in [0.1, 0.15) is 41.9 Å². The van der Waals surface area contributed by atoms with Crippen LogP contribution >= 0.6 is 0 Å². The lowest BCUT2D eigenvalue weighted by Crippen LogP contribution is -2.48. The molecule has 1 saturated heterocycles. The molecular weight excluding hydrogens is 390 g/mol. The molecule has 4 heterocycles. The summed E-state index contributed by atoms with van der Waals surface area (Å²) in [7, 11) is 4.00. The molecule has 31 heavy (non-hydrogen) atoms. The van der Waals surface area contributed by atoms with Crippen LogP contribution in [-0.4, -0.2) is 69.4 Å². The lowest BCUT2D eigenvalue weighted by molar-refractivity contribution is 0.0704. The van der Waals surface area contributed by atoms with Crippen LogP contribution in [0.15, 0.2) is 36.8 Å². The number of carbonyl (C=O) groups excluding carboxylic acids is 1. The Labute approximate surface area is 182 Å². The van der Waals surface area contributed by atoms with Gasteiger partial charge in [-0.1, -0.05) is 6.07 Å². The maximum atomic E-state index is 13.3. The third-order valence-corrected chi connectivity index (χ3v) is 6.35. The van der Waals surface area contributed by atoms with E-state index in [0.29, 0.717) is 17.8 Å². The molecule has 2 fully saturated rings. The normalized spacial score (nSPS) is 17.2. The molecule has 0 bridgehead atoms. The number of anilines is 2. The molecule has 0 aromatic carbocycles. The van der Waals surface area contributed by atoms with E-state index < -0.39 is 0 Å². The smallest absolute Gasteiger partial charge is 0.272 e. The van der Waals surface area contributed by atoms with Crippen molar-refractivity contribution < 1.29 is 4.79 Å². The zero-order valence-corrected chi connectivity index (χ0v) is 18.4. The summed E-state index contributed by atoms with van der Waals surface area (Å²) in [6.07, 6.45) is 7.88. The van der Waals surface area contributed by atoms with Crippen molar-refractivity contribution in [1.29, 1.82) is 0 Å². The van der Waals surface area contributed by atoms with Crippen LogP contribution in [0.3, 0.4) is 0 Å². The Morgan fingerprint density at radius 1 is 1.03 bits per heavy atom. The van der Waals surface area contributed by atoms with Crippen LogP contribution in [0.4, 0.5) is 11.6 Å². The number of aryl methyl sites for hydroxylation is 1. The van der Waals surface area contributed by atoms with E-state index in [-0.39, 0.29) is 5.91 Å². The molecule has 0 unspecified atom stereocenters. The number of piperidine rings is 1. The molecular formula is C23H29N7O. The van der Waals surface area contributed by atoms with Gasteiger partial charge in [0, 0.05) is 51.5 Å². The van der Waals surface area contributed by atoms with Crippen LogP contribution < -0.4 is 9.80 Å². The average Bonchev–Trinajstić information content (AvgIpc) is 3.55. The highest BCUT2D eigenvalue weighted by Crippen LogP contribution is 2.36. The highest BCUT2D eigenvalue weighted by Gasteiger charge is 2.37. The molecule has 1 aliphatic carbocycles. The first-order valence-corrected chi connectivity index (χ1v) is 11.0. The summed E-state index contributed by atoms with van der Waals surface area (Å²) < 4.78 is 1.91. The third-order valence-electron chi connectivity index (χ3n) is 6.35. The van der Waals surface area contributed by atoms with Crippen LogP contribution in [0.25, 0.3) is 5.65 Å². The van der Waals surface area contributed by atoms with Gasteiger partial charge in [0.15, 0.2) is 0 Å². The summed E-state index contributed by atoms with van der Waals surface area (Å²) in [5, 5.41) is 0. The Morgan fingerprint density at radius 2 is 1.74 bits per heavy atom. The Morgan fingerprint density at radius 3 is 2.45 bits per heavy atom. The minimum atomic E-state index is 0.0737. The number of carbonyl (C=O) groups is 1. The molecule has 0 N–H and O–H groups in total. The van der Waals surface area contributed by atoms with E-state index in [2.05, 4.69) is 25.9 Å². The highest BCUT2D eigenvalue weighted by molar-refractivity contribution is 5.94. The van der Waals surface area contributed by atoms with Gasteiger partial charge in [0.05, 0.1) is 5.69 Å². The monoisotopic (exact) mass is 419 g/mol. The number of fused-ring (bicyclic) bond motifs is 1. The molecule has 162 valence electrons. The SMILES string of the molecule is Cc1nc2ccccn2c1C(=O)N1CCC(N(c2cc(N(C)C)ncn2)C2CC2)CC1. The molecule has 0 spiro atoms. The van der Waals surface area contributed by atoms with Gasteiger partial charge < -0.3 is 14.7 Å². The minimum Gasteiger partial charge on any atom is -0.363 e. The van der Waals surface area contributed by atoms with E-state index in [0.717, 1.165) is 48.9 Å². The first-order valence-electron chi connectivity index (χ1n) is 11.0. The average molecular weight is 420 g/mol. The van der Waals surface area contributed by atoms with Gasteiger partial charge in [-0.15, -0.1) is 0 Å². The second kappa shape index (κ2) is 7.83. The van der Waals surface area contributed by atoms with E-state index in [1.165, 1.54) is 12.8 Å². The summed E-state index contributed by atoms with van der Waals surface area (Å²) in [6.45, 7) is 3.41. The second-order valence-electron chi connectivity index (χ2n) is 8.77. The standard InChI is InChI=1S/C23H29N7O/c1-16-22(29-11-5-4-6-19(29)26-16)23(31)28-12-9-18(10-13-28)30(17-7-8-17)21-14-20(27(2)3)24-15-25-21/h4-6,11,14-15,17-18H,7-10,12-13H2,1-3H3. The van der Waals surface area contributed by atoms with Gasteiger partial charge in [-0.2, -0.15) is 0 Å². The summed E-state index contributed by atoms with van der Waals surface area (Å²) in [5.41, 5.74) is 2.29. The lowest BCUT2D eigenvalue weighted by atomic mass is 10.0. The van der Waals surface area contributed by atoms with E-state index in [9.17, 15) is 4.79 Å². The Hall–Kier alpha value is -3.16. The summed E-state index contributed by atoms with van der Waals surface area (Å²) >= 11 is 0. The van der Waals surface area contributed by atoms with Gasteiger partial charge in [-0.05, 0) is 44.7 Å². The van der Waals surface area contributed by atoms with Crippen molar-refractivity contribution in [2.75, 3.05) is 37.0 Å². The Kier molecular flexibility index (Phi) is 5.00. The molecule has 8 nitrogen and oxygen atoms in total. The van der Waals surface area contributed by atoms with Crippen LogP contribution in [0.2, 0.25) is 0 Å². The molecule has 1 saturated carbocycles. The fourth-order valence-electron chi connectivity index (χ4n) is 4.62. The molecule has 5 rings (SSSR count). The van der Waals surface area contributed by atoms with Gasteiger partial charge in [0.1, 0.15) is 29.3 Å². The number of likely N-dealkylation sites (tertiary alicyclic amines) is 1. The number of amides is 1. The minimum absolute atomic E-state index is 0.0737. The zero-order valence-electron chi connectivity index (χ0n) is 18.4. The summed E-state index contributed by atoms with van der Waals surface area (Å²) in [4.78, 5) is 33.3. The largest absolute Gasteiger partial charge is 0.363 e. The number of rotatable bonds is 5. The van der Waals surface area contributed by atoms with Crippen LogP contribution in [0.5, 0.6) is 0 Å². The van der Waals surface area contributed by atoms with Crippen molar-refractivity contribution in [3.05, 3.63) is 48.2 Å². The van der Waals surface area contributed by atoms with Gasteiger partial charge >= 0.3 is 0 Å². The molecule has 1 amide bonds. The lowest BCUT2D eigenvalue weighted by Gasteiger charge is -2.39. The van der Waals surface area contributed by atoms with Crippen molar-refractivity contribution in [3.8, 4) is 0 Å². The number of hydrogen-bond acceptors (Lipinski definition) is 6. The third kappa shape index (κ3) is 3.71. The molecule has 0 atom stereocenters. The van der Waals surface area contributed by atoms with Crippen molar-refractivity contribution in [3.63, 3.8) is 0 Å². The highest BCUT2D eigenvalue weighted by atomic mass is 16.2. The Balaban J connectivity index is 1.33. The molecule has 3 aromatic heterocycles. The fourth-order valence-corrected chi connectivity index (χ4v) is 4.62. The van der Waals surface area contributed by atoms with E-state index >= 15 is 0 Å². The summed E-state index contributed by atoms with van der Waals surface area (Å²) in [5.74, 6) is 2.00. The quantitative estimate of drug-likeness (QED) is 0.633. The summed E-state index contributed by atoms with van der Waals surface area (Å²) in [6, 6.07) is 8.85. The molecule has 3 aromatic rings. The predicted octanol–water partition coefficient (Wildman–Crippen LogP) is 2.77. The van der Waals surface area contributed by atoms with Gasteiger partial charge in [0.2, 0.25) is 0 Å². The van der Waals surface area contributed by atoms with E-state index in [1.807, 2.05) is 59.6 Å². The van der Waals surface area contributed by atoms with Gasteiger partial charge in [0.25, 0.3) is 5.91 Å². The van der Waals surface area contributed by atoms with Crippen molar-refractivity contribution >= 4 is 23.2 Å². The van der Waals surface area contributed by atoms with Crippen molar-refractivity contribution in [1.82, 2.24) is 24.3 Å². The number of hydrogen-bond donors (Lipinski definition) is 0. The van der Waals surface area contributed by atoms with E-state index in [1.54, 1.807) is 6.33 Å². The molecule has 8 heteroatoms. The molecule has 2 aliphatic rings. The fraction of sp³-hybridized carbons (Fsp3) is 0.478. The number of pyridine rings is 1. The number of imidazole rings is 1. The predicted molar refractivity (Wildman–Crippen MR) is 121 cm³/mol. The zero-order chi connectivity index (χ0) is 21.5. The van der Waals surface area contributed by atoms with E-state index in [4.69, 9.17) is 0 Å². The van der Waals surface area contributed by atoms with Gasteiger partial charge in [-0.3, -0.25) is 9.20 Å². The second-order valence-corrected chi connectivity index (χ2v) is 8.77. The van der Waals surface area contributed by atoms with Crippen LogP contribution in [-0.2, 0) is 0 Å². The molecule has 1 aliphatic heterocycles. The van der Waals surface area contributed by atoms with Gasteiger partial charge in [-0.25, -0.2) is 15.0 Å². The van der Waals surface area contributed by atoms with Crippen LogP contribution in [0, 0.1) is 6.92 Å². The maximum Gasteiger partial charge on any atom is 0.272 e. The Bertz CT molecular complexity index is 1100. The van der Waals surface area contributed by atoms with Crippen molar-refractivity contribution in [2.45, 2.75) is 44.7 Å². The first kappa shape index (κ1) is 19.8. The number of nitrogens with zero attached hydrogens (tertiary/aromatic N) is 7. The molecule has 0 radical (unpaired) electrons. The number of aromatic nitrogens is 4. The topological polar surface area (TPSA) is 69.9 Å². The maximum absolute atomic E-state index is 13.3. The first-order chi connectivity index (χ1) is 15.0. The van der Waals surface area contributed by atoms with Crippen molar-refractivity contribution in [2.24, 2.45) is 0 Å².